The van der Waals surface area contributed by atoms with Gasteiger partial charge in [0, 0.05) is 0 Å². The van der Waals surface area contributed by atoms with Gasteiger partial charge in [0.15, 0.2) is 5.13 Å². The van der Waals surface area contributed by atoms with Crippen LogP contribution in [0.5, 0.6) is 5.75 Å². The first-order valence-electron chi connectivity index (χ1n) is 5.98. The minimum absolute atomic E-state index is 0.127. The molecule has 0 spiro atoms. The monoisotopic (exact) mass is 298 g/mol. The second-order valence-corrected chi connectivity index (χ2v) is 6.11. The molecule has 0 fully saturated rings. The molecule has 0 radical (unpaired) electrons. The number of carbonyl (C=O) groups excluding carboxylic acids is 1. The van der Waals surface area contributed by atoms with E-state index < -0.39 is 5.38 Å². The van der Waals surface area contributed by atoms with Crippen LogP contribution in [0.1, 0.15) is 20.8 Å². The van der Waals surface area contributed by atoms with Crippen molar-refractivity contribution in [2.24, 2.45) is 0 Å². The molecule has 1 aromatic carbocycles. The molecule has 1 atom stereocenters. The highest BCUT2D eigenvalue weighted by Crippen LogP contribution is 2.29. The Labute approximate surface area is 120 Å². The zero-order chi connectivity index (χ0) is 14.0. The van der Waals surface area contributed by atoms with E-state index in [4.69, 9.17) is 16.3 Å². The van der Waals surface area contributed by atoms with Crippen LogP contribution in [0, 0.1) is 0 Å². The maximum Gasteiger partial charge on any atom is 0.243 e. The Kier molecular flexibility index (Phi) is 4.27. The topological polar surface area (TPSA) is 51.2 Å². The predicted molar refractivity (Wildman–Crippen MR) is 79.3 cm³/mol. The molecule has 0 aliphatic heterocycles. The molecule has 102 valence electrons. The molecule has 6 heteroatoms. The van der Waals surface area contributed by atoms with Crippen molar-refractivity contribution < 1.29 is 9.53 Å². The molecular weight excluding hydrogens is 284 g/mol. The number of carbonyl (C=O) groups is 1. The number of rotatable bonds is 4. The highest BCUT2D eigenvalue weighted by atomic mass is 35.5. The first kappa shape index (κ1) is 14.1. The van der Waals surface area contributed by atoms with E-state index >= 15 is 0 Å². The number of hydrogen-bond donors (Lipinski definition) is 1. The van der Waals surface area contributed by atoms with E-state index in [2.05, 4.69) is 10.3 Å². The van der Waals surface area contributed by atoms with Gasteiger partial charge in [0.25, 0.3) is 0 Å². The van der Waals surface area contributed by atoms with Gasteiger partial charge in [-0.25, -0.2) is 4.98 Å². The number of benzene rings is 1. The van der Waals surface area contributed by atoms with E-state index in [1.165, 1.54) is 11.3 Å². The molecule has 0 saturated carbocycles. The Morgan fingerprint density at radius 1 is 1.42 bits per heavy atom. The smallest absolute Gasteiger partial charge is 0.243 e. The van der Waals surface area contributed by atoms with Gasteiger partial charge in [-0.3, -0.25) is 4.79 Å². The summed E-state index contributed by atoms with van der Waals surface area (Å²) in [4.78, 5) is 15.8. The summed E-state index contributed by atoms with van der Waals surface area (Å²) < 4.78 is 6.59. The van der Waals surface area contributed by atoms with Crippen LogP contribution in [0.15, 0.2) is 18.2 Å². The zero-order valence-corrected chi connectivity index (χ0v) is 12.5. The van der Waals surface area contributed by atoms with Gasteiger partial charge in [0.05, 0.1) is 16.3 Å². The SMILES string of the molecule is CC(C)Oc1ccc2nc(NC(=O)[C@@H](C)Cl)sc2c1. The van der Waals surface area contributed by atoms with Gasteiger partial charge in [0.1, 0.15) is 11.1 Å². The van der Waals surface area contributed by atoms with Crippen LogP contribution in [0.25, 0.3) is 10.2 Å². The number of ether oxygens (including phenoxy) is 1. The molecule has 19 heavy (non-hydrogen) atoms. The first-order chi connectivity index (χ1) is 8.95. The summed E-state index contributed by atoms with van der Waals surface area (Å²) in [6.07, 6.45) is 0.127. The van der Waals surface area contributed by atoms with Gasteiger partial charge < -0.3 is 10.1 Å². The Bertz CT molecular complexity index is 595. The first-order valence-corrected chi connectivity index (χ1v) is 7.23. The largest absolute Gasteiger partial charge is 0.491 e. The van der Waals surface area contributed by atoms with Gasteiger partial charge in [-0.1, -0.05) is 11.3 Å². The van der Waals surface area contributed by atoms with E-state index in [0.29, 0.717) is 5.13 Å². The van der Waals surface area contributed by atoms with E-state index in [1.807, 2.05) is 32.0 Å². The highest BCUT2D eigenvalue weighted by Gasteiger charge is 2.12. The predicted octanol–water partition coefficient (Wildman–Crippen LogP) is 3.65. The number of thiazole rings is 1. The maximum atomic E-state index is 11.5. The number of aromatic nitrogens is 1. The number of amides is 1. The summed E-state index contributed by atoms with van der Waals surface area (Å²) >= 11 is 7.11. The van der Waals surface area contributed by atoms with Crippen molar-refractivity contribution in [2.75, 3.05) is 5.32 Å². The lowest BCUT2D eigenvalue weighted by molar-refractivity contribution is -0.115. The second-order valence-electron chi connectivity index (χ2n) is 4.42. The molecule has 1 heterocycles. The number of anilines is 1. The molecule has 0 aliphatic rings. The van der Waals surface area contributed by atoms with Gasteiger partial charge in [-0.15, -0.1) is 11.6 Å². The number of fused-ring (bicyclic) bond motifs is 1. The van der Waals surface area contributed by atoms with Crippen LogP contribution < -0.4 is 10.1 Å². The number of hydrogen-bond acceptors (Lipinski definition) is 4. The van der Waals surface area contributed by atoms with Crippen molar-refractivity contribution in [3.8, 4) is 5.75 Å². The summed E-state index contributed by atoms with van der Waals surface area (Å²) in [6.45, 7) is 5.58. The van der Waals surface area contributed by atoms with Gasteiger partial charge >= 0.3 is 0 Å². The molecule has 0 unspecified atom stereocenters. The molecule has 4 nitrogen and oxygen atoms in total. The minimum Gasteiger partial charge on any atom is -0.491 e. The average molecular weight is 299 g/mol. The van der Waals surface area contributed by atoms with Gasteiger partial charge in [0.2, 0.25) is 5.91 Å². The average Bonchev–Trinajstić information content (AvgIpc) is 2.69. The lowest BCUT2D eigenvalue weighted by atomic mass is 10.3. The van der Waals surface area contributed by atoms with Crippen molar-refractivity contribution in [1.29, 1.82) is 0 Å². The molecule has 2 aromatic rings. The van der Waals surface area contributed by atoms with Crippen LogP contribution in [0.4, 0.5) is 5.13 Å². The molecule has 1 amide bonds. The van der Waals surface area contributed by atoms with Crippen molar-refractivity contribution in [3.05, 3.63) is 18.2 Å². The van der Waals surface area contributed by atoms with Crippen molar-refractivity contribution in [2.45, 2.75) is 32.3 Å². The Hall–Kier alpha value is -1.33. The normalized spacial score (nSPS) is 12.7. The third kappa shape index (κ3) is 3.58. The zero-order valence-electron chi connectivity index (χ0n) is 10.9. The van der Waals surface area contributed by atoms with Crippen molar-refractivity contribution in [3.63, 3.8) is 0 Å². The van der Waals surface area contributed by atoms with Crippen LogP contribution in [0.3, 0.4) is 0 Å². The fourth-order valence-electron chi connectivity index (χ4n) is 1.51. The van der Waals surface area contributed by atoms with Crippen molar-refractivity contribution >= 4 is 44.2 Å². The molecule has 0 saturated heterocycles. The number of nitrogens with one attached hydrogen (secondary N) is 1. The van der Waals surface area contributed by atoms with Crippen LogP contribution in [-0.4, -0.2) is 22.4 Å². The lowest BCUT2D eigenvalue weighted by Gasteiger charge is -2.08. The number of alkyl halides is 1. The molecule has 2 rings (SSSR count). The highest BCUT2D eigenvalue weighted by molar-refractivity contribution is 7.22. The van der Waals surface area contributed by atoms with Crippen LogP contribution in [-0.2, 0) is 4.79 Å². The maximum absolute atomic E-state index is 11.5. The van der Waals surface area contributed by atoms with Gasteiger partial charge in [-0.05, 0) is 39.0 Å². The molecule has 0 aliphatic carbocycles. The fourth-order valence-corrected chi connectivity index (χ4v) is 2.46. The summed E-state index contributed by atoms with van der Waals surface area (Å²) in [5, 5.41) is 2.66. The molecule has 1 N–H and O–H groups in total. The third-order valence-electron chi connectivity index (χ3n) is 2.32. The van der Waals surface area contributed by atoms with Crippen LogP contribution >= 0.6 is 22.9 Å². The Morgan fingerprint density at radius 3 is 2.79 bits per heavy atom. The van der Waals surface area contributed by atoms with E-state index in [0.717, 1.165) is 16.0 Å². The Balaban J connectivity index is 2.23. The number of halogens is 1. The number of nitrogens with zero attached hydrogens (tertiary/aromatic N) is 1. The fraction of sp³-hybridized carbons (Fsp3) is 0.385. The van der Waals surface area contributed by atoms with Crippen molar-refractivity contribution in [1.82, 2.24) is 4.98 Å². The lowest BCUT2D eigenvalue weighted by Crippen LogP contribution is -2.19. The summed E-state index contributed by atoms with van der Waals surface area (Å²) in [5.74, 6) is 0.550. The minimum atomic E-state index is -0.577. The van der Waals surface area contributed by atoms with E-state index in [1.54, 1.807) is 6.92 Å². The molecule has 1 aromatic heterocycles. The summed E-state index contributed by atoms with van der Waals surface area (Å²) in [7, 11) is 0. The van der Waals surface area contributed by atoms with E-state index in [9.17, 15) is 4.79 Å². The quantitative estimate of drug-likeness (QED) is 0.877. The summed E-state index contributed by atoms with van der Waals surface area (Å²) in [5.41, 5.74) is 0.832. The summed E-state index contributed by atoms with van der Waals surface area (Å²) in [6, 6.07) is 5.67. The molecular formula is C13H15ClN2O2S. The molecule has 0 bridgehead atoms. The van der Waals surface area contributed by atoms with Crippen LogP contribution in [0.2, 0.25) is 0 Å². The standard InChI is InChI=1S/C13H15ClN2O2S/c1-7(2)18-9-4-5-10-11(6-9)19-13(15-10)16-12(17)8(3)14/h4-8H,1-3H3,(H,15,16,17)/t8-/m1/s1. The Morgan fingerprint density at radius 2 is 2.16 bits per heavy atom. The third-order valence-corrected chi connectivity index (χ3v) is 3.45. The van der Waals surface area contributed by atoms with E-state index in [-0.39, 0.29) is 12.0 Å². The van der Waals surface area contributed by atoms with Gasteiger partial charge in [-0.2, -0.15) is 0 Å². The second kappa shape index (κ2) is 5.75.